The molecule has 1 saturated carbocycles. The van der Waals surface area contributed by atoms with E-state index in [1.807, 2.05) is 18.2 Å². The van der Waals surface area contributed by atoms with Gasteiger partial charge in [0.05, 0.1) is 11.0 Å². The quantitative estimate of drug-likeness (QED) is 0.890. The second-order valence-corrected chi connectivity index (χ2v) is 6.79. The summed E-state index contributed by atoms with van der Waals surface area (Å²) in [5.74, 6) is 1.27. The van der Waals surface area contributed by atoms with Gasteiger partial charge in [-0.3, -0.25) is 4.79 Å². The number of imidazole rings is 1. The molecular formula is C18H26N4O. The molecule has 1 heterocycles. The summed E-state index contributed by atoms with van der Waals surface area (Å²) in [7, 11) is 0. The maximum absolute atomic E-state index is 12.2. The van der Waals surface area contributed by atoms with E-state index in [1.165, 1.54) is 0 Å². The van der Waals surface area contributed by atoms with Gasteiger partial charge in [0, 0.05) is 31.0 Å². The standard InChI is InChI=1S/C18H26N4O/c1-12(2)22-16-6-4-3-5-15(16)21-17(22)9-10-20-18(23)13-7-8-14(19)11-13/h3-6,12-14H,7-11,19H2,1-2H3,(H,20,23). The van der Waals surface area contributed by atoms with Crippen LogP contribution in [0.25, 0.3) is 11.0 Å². The van der Waals surface area contributed by atoms with E-state index in [0.717, 1.165) is 42.5 Å². The highest BCUT2D eigenvalue weighted by Gasteiger charge is 2.27. The molecule has 1 fully saturated rings. The van der Waals surface area contributed by atoms with Crippen LogP contribution in [0.15, 0.2) is 24.3 Å². The molecule has 0 radical (unpaired) electrons. The Bertz CT molecular complexity index is 691. The third kappa shape index (κ3) is 3.39. The number of rotatable bonds is 5. The molecule has 2 unspecified atom stereocenters. The SMILES string of the molecule is CC(C)n1c(CCNC(=O)C2CCC(N)C2)nc2ccccc21. The lowest BCUT2D eigenvalue weighted by molar-refractivity contribution is -0.124. The fourth-order valence-corrected chi connectivity index (χ4v) is 3.54. The fraction of sp³-hybridized carbons (Fsp3) is 0.556. The first-order valence-corrected chi connectivity index (χ1v) is 8.55. The molecule has 2 aromatic rings. The molecule has 3 rings (SSSR count). The summed E-state index contributed by atoms with van der Waals surface area (Å²) in [6, 6.07) is 8.73. The smallest absolute Gasteiger partial charge is 0.223 e. The summed E-state index contributed by atoms with van der Waals surface area (Å²) in [5, 5.41) is 3.06. The van der Waals surface area contributed by atoms with Crippen molar-refractivity contribution >= 4 is 16.9 Å². The van der Waals surface area contributed by atoms with Crippen LogP contribution in [0.3, 0.4) is 0 Å². The monoisotopic (exact) mass is 314 g/mol. The van der Waals surface area contributed by atoms with Gasteiger partial charge in [-0.15, -0.1) is 0 Å². The van der Waals surface area contributed by atoms with Crippen molar-refractivity contribution in [3.63, 3.8) is 0 Å². The van der Waals surface area contributed by atoms with Crippen molar-refractivity contribution in [2.24, 2.45) is 11.7 Å². The van der Waals surface area contributed by atoms with Crippen LogP contribution in [0.2, 0.25) is 0 Å². The first-order chi connectivity index (χ1) is 11.1. The van der Waals surface area contributed by atoms with Crippen LogP contribution in [0.1, 0.15) is 45.0 Å². The predicted molar refractivity (Wildman–Crippen MR) is 92.1 cm³/mol. The molecule has 1 aromatic heterocycles. The van der Waals surface area contributed by atoms with Crippen molar-refractivity contribution in [1.29, 1.82) is 0 Å². The van der Waals surface area contributed by atoms with Crippen molar-refractivity contribution in [1.82, 2.24) is 14.9 Å². The molecule has 1 aliphatic carbocycles. The van der Waals surface area contributed by atoms with Crippen molar-refractivity contribution in [3.8, 4) is 0 Å². The number of hydrogen-bond acceptors (Lipinski definition) is 3. The number of carbonyl (C=O) groups is 1. The lowest BCUT2D eigenvalue weighted by Gasteiger charge is -2.14. The molecule has 5 heteroatoms. The lowest BCUT2D eigenvalue weighted by Crippen LogP contribution is -2.32. The largest absolute Gasteiger partial charge is 0.355 e. The van der Waals surface area contributed by atoms with Crippen LogP contribution in [0, 0.1) is 5.92 Å². The highest BCUT2D eigenvalue weighted by molar-refractivity contribution is 5.79. The minimum atomic E-state index is 0.0916. The molecule has 124 valence electrons. The Morgan fingerprint density at radius 1 is 1.39 bits per heavy atom. The summed E-state index contributed by atoms with van der Waals surface area (Å²) >= 11 is 0. The number of benzene rings is 1. The van der Waals surface area contributed by atoms with Crippen molar-refractivity contribution in [2.45, 2.75) is 51.6 Å². The summed E-state index contributed by atoms with van der Waals surface area (Å²) in [6.45, 7) is 4.95. The molecule has 2 atom stereocenters. The van der Waals surface area contributed by atoms with Crippen LogP contribution in [0.4, 0.5) is 0 Å². The zero-order chi connectivity index (χ0) is 16.4. The molecule has 0 spiro atoms. The van der Waals surface area contributed by atoms with E-state index in [2.05, 4.69) is 29.8 Å². The van der Waals surface area contributed by atoms with Crippen molar-refractivity contribution < 1.29 is 4.79 Å². The van der Waals surface area contributed by atoms with E-state index in [4.69, 9.17) is 10.7 Å². The maximum Gasteiger partial charge on any atom is 0.223 e. The molecule has 0 bridgehead atoms. The lowest BCUT2D eigenvalue weighted by atomic mass is 10.1. The minimum Gasteiger partial charge on any atom is -0.355 e. The van der Waals surface area contributed by atoms with Gasteiger partial charge in [-0.2, -0.15) is 0 Å². The van der Waals surface area contributed by atoms with Crippen LogP contribution in [-0.4, -0.2) is 28.0 Å². The molecule has 0 saturated heterocycles. The topological polar surface area (TPSA) is 72.9 Å². The zero-order valence-corrected chi connectivity index (χ0v) is 14.0. The van der Waals surface area contributed by atoms with Crippen LogP contribution < -0.4 is 11.1 Å². The average Bonchev–Trinajstić information content (AvgIpc) is 3.10. The second-order valence-electron chi connectivity index (χ2n) is 6.79. The zero-order valence-electron chi connectivity index (χ0n) is 14.0. The van der Waals surface area contributed by atoms with Gasteiger partial charge in [0.2, 0.25) is 5.91 Å². The van der Waals surface area contributed by atoms with Crippen LogP contribution in [-0.2, 0) is 11.2 Å². The van der Waals surface area contributed by atoms with E-state index in [0.29, 0.717) is 12.6 Å². The number of aromatic nitrogens is 2. The number of amides is 1. The Balaban J connectivity index is 1.65. The number of carbonyl (C=O) groups excluding carboxylic acids is 1. The molecule has 5 nitrogen and oxygen atoms in total. The van der Waals surface area contributed by atoms with E-state index in [9.17, 15) is 4.79 Å². The summed E-state index contributed by atoms with van der Waals surface area (Å²) in [4.78, 5) is 16.9. The number of nitrogens with one attached hydrogen (secondary N) is 1. The molecular weight excluding hydrogens is 288 g/mol. The van der Waals surface area contributed by atoms with Gasteiger partial charge in [0.25, 0.3) is 0 Å². The average molecular weight is 314 g/mol. The Hall–Kier alpha value is -1.88. The Labute approximate surface area is 137 Å². The Kier molecular flexibility index (Phi) is 4.66. The molecule has 23 heavy (non-hydrogen) atoms. The van der Waals surface area contributed by atoms with Gasteiger partial charge in [-0.1, -0.05) is 12.1 Å². The molecule has 3 N–H and O–H groups in total. The molecule has 1 aliphatic rings. The summed E-state index contributed by atoms with van der Waals surface area (Å²) < 4.78 is 2.26. The Morgan fingerprint density at radius 2 is 2.17 bits per heavy atom. The van der Waals surface area contributed by atoms with E-state index in [-0.39, 0.29) is 17.9 Å². The third-order valence-corrected chi connectivity index (χ3v) is 4.68. The van der Waals surface area contributed by atoms with Gasteiger partial charge in [0.1, 0.15) is 5.82 Å². The predicted octanol–water partition coefficient (Wildman–Crippen LogP) is 2.40. The fourth-order valence-electron chi connectivity index (χ4n) is 3.54. The Morgan fingerprint density at radius 3 is 2.87 bits per heavy atom. The van der Waals surface area contributed by atoms with Crippen LogP contribution >= 0.6 is 0 Å². The number of nitrogens with two attached hydrogens (primary N) is 1. The van der Waals surface area contributed by atoms with E-state index < -0.39 is 0 Å². The first-order valence-electron chi connectivity index (χ1n) is 8.55. The molecule has 0 aliphatic heterocycles. The third-order valence-electron chi connectivity index (χ3n) is 4.68. The molecule has 1 amide bonds. The minimum absolute atomic E-state index is 0.0916. The van der Waals surface area contributed by atoms with Gasteiger partial charge in [0.15, 0.2) is 0 Å². The first kappa shape index (κ1) is 16.0. The number of nitrogens with zero attached hydrogens (tertiary/aromatic N) is 2. The van der Waals surface area contributed by atoms with Crippen LogP contribution in [0.5, 0.6) is 0 Å². The second kappa shape index (κ2) is 6.71. The normalized spacial score (nSPS) is 21.2. The number of para-hydroxylation sites is 2. The maximum atomic E-state index is 12.2. The van der Waals surface area contributed by atoms with Crippen molar-refractivity contribution in [3.05, 3.63) is 30.1 Å². The number of fused-ring (bicyclic) bond motifs is 1. The van der Waals surface area contributed by atoms with Gasteiger partial charge < -0.3 is 15.6 Å². The number of hydrogen-bond donors (Lipinski definition) is 2. The van der Waals surface area contributed by atoms with E-state index >= 15 is 0 Å². The molecule has 1 aromatic carbocycles. The summed E-state index contributed by atoms with van der Waals surface area (Å²) in [5.41, 5.74) is 8.06. The van der Waals surface area contributed by atoms with E-state index in [1.54, 1.807) is 0 Å². The van der Waals surface area contributed by atoms with Crippen molar-refractivity contribution in [2.75, 3.05) is 6.54 Å². The van der Waals surface area contributed by atoms with Gasteiger partial charge >= 0.3 is 0 Å². The van der Waals surface area contributed by atoms with Gasteiger partial charge in [-0.05, 0) is 45.2 Å². The highest BCUT2D eigenvalue weighted by atomic mass is 16.1. The van der Waals surface area contributed by atoms with Gasteiger partial charge in [-0.25, -0.2) is 4.98 Å². The highest BCUT2D eigenvalue weighted by Crippen LogP contribution is 2.24. The summed E-state index contributed by atoms with van der Waals surface area (Å²) in [6.07, 6.45) is 3.44.